The van der Waals surface area contributed by atoms with Gasteiger partial charge in [0.15, 0.2) is 0 Å². The number of rotatable bonds is 2. The summed E-state index contributed by atoms with van der Waals surface area (Å²) in [6, 6.07) is 53.0. The van der Waals surface area contributed by atoms with Crippen LogP contribution in [0.4, 0.5) is 0 Å². The van der Waals surface area contributed by atoms with Crippen molar-refractivity contribution in [1.29, 1.82) is 0 Å². The lowest BCUT2D eigenvalue weighted by Crippen LogP contribution is -2.04. The second-order valence-electron chi connectivity index (χ2n) is 13.7. The van der Waals surface area contributed by atoms with Crippen LogP contribution in [0.5, 0.6) is 0 Å². The minimum absolute atomic E-state index is 0.681. The minimum atomic E-state index is 0.681. The summed E-state index contributed by atoms with van der Waals surface area (Å²) in [7, 11) is 0. The van der Waals surface area contributed by atoms with E-state index in [2.05, 4.69) is 155 Å². The Kier molecular flexibility index (Phi) is 4.36. The molecular weight excluding hydrogens is 609 g/mol. The summed E-state index contributed by atoms with van der Waals surface area (Å²) in [6.07, 6.45) is 0. The minimum Gasteiger partial charge on any atom is -0.307 e. The molecule has 0 spiro atoms. The fraction of sp³-hybridized carbons (Fsp3) is 0. The maximum Gasteiger partial charge on any atom is 0.235 e. The standard InChI is InChI=1S/C46H24N4/c1-3-12-27-25(9-1)11-5-15-30(27)42-39-28-13-4-2-10-26(28)21-23-36(39)47-46(48-42)49-37-20-8-14-29-31-16-6-17-32-33-18-7-19-34-35-22-24-38(49)41(40(29)37)45(35)50(43(31)32)44(33)34/h1-24H. The van der Waals surface area contributed by atoms with Gasteiger partial charge in [-0.1, -0.05) is 127 Å². The van der Waals surface area contributed by atoms with E-state index in [1.807, 2.05) is 0 Å². The van der Waals surface area contributed by atoms with Crippen molar-refractivity contribution in [1.82, 2.24) is 18.9 Å². The summed E-state index contributed by atoms with van der Waals surface area (Å²) in [4.78, 5) is 11.0. The number of fused-ring (bicyclic) bond motifs is 7. The summed E-state index contributed by atoms with van der Waals surface area (Å²) in [5.41, 5.74) is 9.09. The van der Waals surface area contributed by atoms with Gasteiger partial charge >= 0.3 is 0 Å². The average Bonchev–Trinajstić information content (AvgIpc) is 3.79. The van der Waals surface area contributed by atoms with E-state index >= 15 is 0 Å². The number of para-hydroxylation sites is 2. The van der Waals surface area contributed by atoms with Crippen LogP contribution in [0.25, 0.3) is 120 Å². The second-order valence-corrected chi connectivity index (χ2v) is 13.7. The first-order chi connectivity index (χ1) is 24.8. The summed E-state index contributed by atoms with van der Waals surface area (Å²) >= 11 is 0. The summed E-state index contributed by atoms with van der Waals surface area (Å²) < 4.78 is 4.86. The third-order valence-electron chi connectivity index (χ3n) is 11.4. The summed E-state index contributed by atoms with van der Waals surface area (Å²) in [5, 5.41) is 16.0. The van der Waals surface area contributed by atoms with E-state index in [1.165, 1.54) is 75.8 Å². The van der Waals surface area contributed by atoms with Crippen LogP contribution in [0, 0.1) is 0 Å². The smallest absolute Gasteiger partial charge is 0.235 e. The molecule has 8 aromatic carbocycles. The lowest BCUT2D eigenvalue weighted by Gasteiger charge is -2.15. The van der Waals surface area contributed by atoms with Crippen molar-refractivity contribution >= 4 is 103 Å². The van der Waals surface area contributed by atoms with Crippen molar-refractivity contribution in [3.8, 4) is 17.2 Å². The highest BCUT2D eigenvalue weighted by molar-refractivity contribution is 6.37. The number of aromatic nitrogens is 4. The lowest BCUT2D eigenvalue weighted by atomic mass is 9.96. The third-order valence-corrected chi connectivity index (χ3v) is 11.4. The summed E-state index contributed by atoms with van der Waals surface area (Å²) in [5.74, 6) is 0.681. The Bertz CT molecular complexity index is 3540. The predicted molar refractivity (Wildman–Crippen MR) is 209 cm³/mol. The third kappa shape index (κ3) is 2.84. The normalized spacial score (nSPS) is 12.8. The maximum absolute atomic E-state index is 5.60. The monoisotopic (exact) mass is 632 g/mol. The highest BCUT2D eigenvalue weighted by atomic mass is 15.2. The topological polar surface area (TPSA) is 35.1 Å². The van der Waals surface area contributed by atoms with Crippen LogP contribution < -0.4 is 0 Å². The maximum atomic E-state index is 5.60. The van der Waals surface area contributed by atoms with Gasteiger partial charge in [0.2, 0.25) is 5.95 Å². The first-order valence-corrected chi connectivity index (χ1v) is 17.2. The molecule has 0 bridgehead atoms. The molecule has 0 fully saturated rings. The Morgan fingerprint density at radius 2 is 0.940 bits per heavy atom. The van der Waals surface area contributed by atoms with Crippen molar-refractivity contribution in [2.45, 2.75) is 0 Å². The number of benzene rings is 8. The van der Waals surface area contributed by atoms with Gasteiger partial charge in [-0.2, -0.15) is 0 Å². The molecule has 0 aliphatic carbocycles. The molecule has 4 heteroatoms. The zero-order chi connectivity index (χ0) is 32.2. The SMILES string of the molecule is c1ccc2c(-c3nc(-n4c5cccc6c7cccc8c9cccc%10c%11ccc4c(c65)c%11n(c78)c9%10)nc4ccc5ccccc5c34)cccc2c1. The summed E-state index contributed by atoms with van der Waals surface area (Å²) in [6.45, 7) is 0. The van der Waals surface area contributed by atoms with E-state index in [9.17, 15) is 0 Å². The molecule has 0 saturated carbocycles. The first kappa shape index (κ1) is 25.3. The van der Waals surface area contributed by atoms with Crippen molar-refractivity contribution in [3.63, 3.8) is 0 Å². The molecular formula is C46H24N4. The molecule has 13 rings (SSSR count). The van der Waals surface area contributed by atoms with E-state index < -0.39 is 0 Å². The molecule has 0 radical (unpaired) electrons. The second kappa shape index (κ2) is 8.62. The van der Waals surface area contributed by atoms with Gasteiger partial charge in [-0.05, 0) is 45.1 Å². The van der Waals surface area contributed by atoms with Crippen molar-refractivity contribution in [2.75, 3.05) is 0 Å². The highest BCUT2D eigenvalue weighted by Gasteiger charge is 2.27. The van der Waals surface area contributed by atoms with Gasteiger partial charge in [-0.15, -0.1) is 0 Å². The Morgan fingerprint density at radius 3 is 1.74 bits per heavy atom. The fourth-order valence-electron chi connectivity index (χ4n) is 9.41. The molecule has 5 heterocycles. The molecule has 13 aromatic rings. The predicted octanol–water partition coefficient (Wildman–Crippen LogP) is 11.9. The van der Waals surface area contributed by atoms with Gasteiger partial charge in [0, 0.05) is 48.7 Å². The first-order valence-electron chi connectivity index (χ1n) is 17.2. The van der Waals surface area contributed by atoms with E-state index in [4.69, 9.17) is 9.97 Å². The van der Waals surface area contributed by atoms with Crippen LogP contribution >= 0.6 is 0 Å². The molecule has 0 saturated heterocycles. The van der Waals surface area contributed by atoms with Crippen molar-refractivity contribution in [3.05, 3.63) is 146 Å². The molecule has 4 nitrogen and oxygen atoms in total. The largest absolute Gasteiger partial charge is 0.307 e. The zero-order valence-electron chi connectivity index (χ0n) is 26.6. The molecule has 5 aromatic heterocycles. The Balaban J connectivity index is 1.26. The van der Waals surface area contributed by atoms with Crippen LogP contribution in [0.3, 0.4) is 0 Å². The number of hydrogen-bond donors (Lipinski definition) is 0. The molecule has 50 heavy (non-hydrogen) atoms. The Hall–Kier alpha value is -6.78. The van der Waals surface area contributed by atoms with Crippen LogP contribution in [-0.2, 0) is 0 Å². The molecule has 0 amide bonds. The van der Waals surface area contributed by atoms with E-state index in [-0.39, 0.29) is 0 Å². The van der Waals surface area contributed by atoms with Gasteiger partial charge in [-0.25, -0.2) is 9.97 Å². The highest BCUT2D eigenvalue weighted by Crippen LogP contribution is 2.49. The Labute approximate surface area is 284 Å². The molecule has 0 aliphatic rings. The van der Waals surface area contributed by atoms with Gasteiger partial charge in [0.1, 0.15) is 0 Å². The van der Waals surface area contributed by atoms with Crippen LogP contribution in [-0.4, -0.2) is 18.9 Å². The van der Waals surface area contributed by atoms with E-state index in [1.54, 1.807) is 0 Å². The van der Waals surface area contributed by atoms with E-state index in [0.29, 0.717) is 5.95 Å². The Morgan fingerprint density at radius 1 is 0.360 bits per heavy atom. The molecule has 0 N–H and O–H groups in total. The van der Waals surface area contributed by atoms with Gasteiger partial charge in [-0.3, -0.25) is 4.57 Å². The van der Waals surface area contributed by atoms with Crippen LogP contribution in [0.1, 0.15) is 0 Å². The van der Waals surface area contributed by atoms with Gasteiger partial charge in [0.25, 0.3) is 0 Å². The molecule has 0 unspecified atom stereocenters. The van der Waals surface area contributed by atoms with Crippen molar-refractivity contribution < 1.29 is 0 Å². The quantitative estimate of drug-likeness (QED) is 0.178. The van der Waals surface area contributed by atoms with Crippen LogP contribution in [0.15, 0.2) is 146 Å². The molecule has 0 atom stereocenters. The van der Waals surface area contributed by atoms with Crippen molar-refractivity contribution in [2.24, 2.45) is 0 Å². The number of hydrogen-bond acceptors (Lipinski definition) is 2. The molecule has 0 aliphatic heterocycles. The van der Waals surface area contributed by atoms with Gasteiger partial charge in [0.05, 0.1) is 38.8 Å². The lowest BCUT2D eigenvalue weighted by molar-refractivity contribution is 1.02. The number of nitrogens with zero attached hydrogens (tertiary/aromatic N) is 4. The zero-order valence-corrected chi connectivity index (χ0v) is 26.6. The van der Waals surface area contributed by atoms with Crippen LogP contribution in [0.2, 0.25) is 0 Å². The molecule has 228 valence electrons. The fourth-order valence-corrected chi connectivity index (χ4v) is 9.41. The van der Waals surface area contributed by atoms with E-state index in [0.717, 1.165) is 38.6 Å². The van der Waals surface area contributed by atoms with Gasteiger partial charge < -0.3 is 4.40 Å². The average molecular weight is 633 g/mol.